The molecule has 0 aliphatic heterocycles. The highest BCUT2D eigenvalue weighted by atomic mass is 32.2. The first-order chi connectivity index (χ1) is 12.6. The largest absolute Gasteiger partial charge is 0.366 e. The minimum atomic E-state index is -0.507. The molecule has 1 aromatic carbocycles. The third kappa shape index (κ3) is 5.04. The van der Waals surface area contributed by atoms with E-state index in [9.17, 15) is 9.59 Å². The number of amides is 2. The Bertz CT molecular complexity index is 917. The van der Waals surface area contributed by atoms with Gasteiger partial charge in [-0.25, -0.2) is 4.98 Å². The van der Waals surface area contributed by atoms with Crippen molar-refractivity contribution in [1.29, 1.82) is 0 Å². The molecule has 0 saturated heterocycles. The van der Waals surface area contributed by atoms with Crippen molar-refractivity contribution in [3.8, 4) is 0 Å². The van der Waals surface area contributed by atoms with Crippen LogP contribution in [0.2, 0.25) is 0 Å². The minimum Gasteiger partial charge on any atom is -0.366 e. The second kappa shape index (κ2) is 8.45. The lowest BCUT2D eigenvalue weighted by Gasteiger charge is -2.04. The average Bonchev–Trinajstić information content (AvgIpc) is 3.30. The number of rotatable bonds is 7. The van der Waals surface area contributed by atoms with Crippen molar-refractivity contribution in [1.82, 2.24) is 15.2 Å². The third-order valence-electron chi connectivity index (χ3n) is 3.22. The summed E-state index contributed by atoms with van der Waals surface area (Å²) >= 11 is 2.86. The van der Waals surface area contributed by atoms with E-state index in [0.717, 1.165) is 4.88 Å². The van der Waals surface area contributed by atoms with Gasteiger partial charge in [0.25, 0.3) is 0 Å². The van der Waals surface area contributed by atoms with Gasteiger partial charge in [0.1, 0.15) is 5.82 Å². The molecule has 9 heteroatoms. The molecule has 0 bridgehead atoms. The summed E-state index contributed by atoms with van der Waals surface area (Å²) in [4.78, 5) is 28.4. The predicted octanol–water partition coefficient (Wildman–Crippen LogP) is 2.87. The van der Waals surface area contributed by atoms with Crippen molar-refractivity contribution in [3.05, 3.63) is 58.0 Å². The number of hydrogen-bond acceptors (Lipinski definition) is 6. The number of nitrogens with two attached hydrogens (primary N) is 1. The zero-order valence-corrected chi connectivity index (χ0v) is 15.1. The summed E-state index contributed by atoms with van der Waals surface area (Å²) < 4.78 is 0. The van der Waals surface area contributed by atoms with Crippen molar-refractivity contribution < 1.29 is 9.59 Å². The number of carbonyl (C=O) groups excluding carboxylic acids is 2. The Kier molecular flexibility index (Phi) is 5.82. The van der Waals surface area contributed by atoms with E-state index in [2.05, 4.69) is 20.5 Å². The van der Waals surface area contributed by atoms with Gasteiger partial charge in [-0.2, -0.15) is 0 Å². The summed E-state index contributed by atoms with van der Waals surface area (Å²) in [5, 5.41) is 12.1. The second-order valence-corrected chi connectivity index (χ2v) is 7.05. The van der Waals surface area contributed by atoms with E-state index in [1.807, 2.05) is 29.7 Å². The number of anilines is 1. The van der Waals surface area contributed by atoms with Gasteiger partial charge in [0.05, 0.1) is 5.75 Å². The van der Waals surface area contributed by atoms with Gasteiger partial charge >= 0.3 is 0 Å². The Morgan fingerprint density at radius 1 is 1.23 bits per heavy atom. The molecule has 2 amide bonds. The number of aromatic nitrogens is 3. The minimum absolute atomic E-state index is 0.170. The van der Waals surface area contributed by atoms with Gasteiger partial charge in [-0.1, -0.05) is 17.8 Å². The summed E-state index contributed by atoms with van der Waals surface area (Å²) in [6.45, 7) is 0. The van der Waals surface area contributed by atoms with Crippen LogP contribution in [0, 0.1) is 0 Å². The summed E-state index contributed by atoms with van der Waals surface area (Å²) in [6.07, 6.45) is 3.78. The van der Waals surface area contributed by atoms with Crippen LogP contribution in [0.25, 0.3) is 12.2 Å². The lowest BCUT2D eigenvalue weighted by atomic mass is 10.2. The van der Waals surface area contributed by atoms with Gasteiger partial charge in [-0.15, -0.1) is 16.4 Å². The SMILES string of the molecule is NC(=O)c1ccc(NC(=O)CSc2n[nH]c(/C=C/c3cccs3)n2)cc1. The quantitative estimate of drug-likeness (QED) is 0.541. The highest BCUT2D eigenvalue weighted by molar-refractivity contribution is 7.99. The molecule has 0 aliphatic carbocycles. The monoisotopic (exact) mass is 385 g/mol. The highest BCUT2D eigenvalue weighted by Gasteiger charge is 2.08. The topological polar surface area (TPSA) is 114 Å². The van der Waals surface area contributed by atoms with Crippen molar-refractivity contribution in [2.24, 2.45) is 5.73 Å². The highest BCUT2D eigenvalue weighted by Crippen LogP contribution is 2.16. The first-order valence-electron chi connectivity index (χ1n) is 7.56. The van der Waals surface area contributed by atoms with Gasteiger partial charge in [-0.3, -0.25) is 14.7 Å². The summed E-state index contributed by atoms with van der Waals surface area (Å²) in [5.74, 6) is 0.0985. The molecular weight excluding hydrogens is 370 g/mol. The van der Waals surface area contributed by atoms with Crippen LogP contribution >= 0.6 is 23.1 Å². The molecule has 0 radical (unpaired) electrons. The van der Waals surface area contributed by atoms with Crippen LogP contribution in [0.4, 0.5) is 5.69 Å². The number of benzene rings is 1. The number of nitrogens with zero attached hydrogens (tertiary/aromatic N) is 2. The van der Waals surface area contributed by atoms with E-state index < -0.39 is 5.91 Å². The second-order valence-electron chi connectivity index (χ2n) is 5.13. The van der Waals surface area contributed by atoms with E-state index in [4.69, 9.17) is 5.73 Å². The smallest absolute Gasteiger partial charge is 0.248 e. The number of nitrogens with one attached hydrogen (secondary N) is 2. The number of thioether (sulfide) groups is 1. The van der Waals surface area contributed by atoms with E-state index in [1.54, 1.807) is 35.6 Å². The van der Waals surface area contributed by atoms with Crippen LogP contribution in [-0.4, -0.2) is 32.7 Å². The summed E-state index contributed by atoms with van der Waals surface area (Å²) in [7, 11) is 0. The fourth-order valence-electron chi connectivity index (χ4n) is 1.99. The molecule has 132 valence electrons. The molecule has 2 heterocycles. The lowest BCUT2D eigenvalue weighted by Crippen LogP contribution is -2.15. The number of carbonyl (C=O) groups is 2. The van der Waals surface area contributed by atoms with Gasteiger partial charge in [0, 0.05) is 16.1 Å². The molecule has 0 aliphatic rings. The average molecular weight is 385 g/mol. The molecular formula is C17H15N5O2S2. The van der Waals surface area contributed by atoms with Crippen LogP contribution in [0.5, 0.6) is 0 Å². The standard InChI is InChI=1S/C17H15N5O2S2/c18-16(24)11-3-5-12(6-4-11)19-15(23)10-26-17-20-14(21-22-17)8-7-13-2-1-9-25-13/h1-9H,10H2,(H2,18,24)(H,19,23)(H,20,21,22)/b8-7+. The Balaban J connectivity index is 1.49. The molecule has 4 N–H and O–H groups in total. The number of hydrogen-bond donors (Lipinski definition) is 3. The fraction of sp³-hybridized carbons (Fsp3) is 0.0588. The number of primary amides is 1. The molecule has 3 aromatic rings. The predicted molar refractivity (Wildman–Crippen MR) is 104 cm³/mol. The normalized spacial score (nSPS) is 10.9. The van der Waals surface area contributed by atoms with Crippen LogP contribution in [0.15, 0.2) is 46.9 Å². The fourth-order valence-corrected chi connectivity index (χ4v) is 3.21. The van der Waals surface area contributed by atoms with E-state index in [1.165, 1.54) is 11.8 Å². The molecule has 0 fully saturated rings. The first kappa shape index (κ1) is 17.9. The molecule has 26 heavy (non-hydrogen) atoms. The Morgan fingerprint density at radius 2 is 2.04 bits per heavy atom. The summed E-state index contributed by atoms with van der Waals surface area (Å²) in [5.41, 5.74) is 6.16. The van der Waals surface area contributed by atoms with Gasteiger partial charge in [0.2, 0.25) is 17.0 Å². The molecule has 0 atom stereocenters. The van der Waals surface area contributed by atoms with Crippen molar-refractivity contribution in [3.63, 3.8) is 0 Å². The lowest BCUT2D eigenvalue weighted by molar-refractivity contribution is -0.113. The van der Waals surface area contributed by atoms with Crippen LogP contribution in [0.1, 0.15) is 21.1 Å². The molecule has 0 spiro atoms. The van der Waals surface area contributed by atoms with Crippen molar-refractivity contribution >= 4 is 52.8 Å². The van der Waals surface area contributed by atoms with Crippen LogP contribution in [-0.2, 0) is 4.79 Å². The van der Waals surface area contributed by atoms with E-state index in [0.29, 0.717) is 22.2 Å². The van der Waals surface area contributed by atoms with Gasteiger partial charge in [0.15, 0.2) is 0 Å². The maximum absolute atomic E-state index is 12.0. The van der Waals surface area contributed by atoms with Crippen LogP contribution < -0.4 is 11.1 Å². The molecule has 0 saturated carbocycles. The Hall–Kier alpha value is -2.91. The zero-order valence-electron chi connectivity index (χ0n) is 13.5. The van der Waals surface area contributed by atoms with Crippen molar-refractivity contribution in [2.45, 2.75) is 5.16 Å². The van der Waals surface area contributed by atoms with Gasteiger partial charge in [-0.05, 0) is 47.9 Å². The number of aromatic amines is 1. The Labute approximate surface area is 157 Å². The molecule has 2 aromatic heterocycles. The van der Waals surface area contributed by atoms with E-state index in [-0.39, 0.29) is 11.7 Å². The number of H-pyrrole nitrogens is 1. The van der Waals surface area contributed by atoms with Gasteiger partial charge < -0.3 is 11.1 Å². The molecule has 7 nitrogen and oxygen atoms in total. The van der Waals surface area contributed by atoms with Crippen LogP contribution in [0.3, 0.4) is 0 Å². The molecule has 0 unspecified atom stereocenters. The maximum Gasteiger partial charge on any atom is 0.248 e. The first-order valence-corrected chi connectivity index (χ1v) is 9.43. The zero-order chi connectivity index (χ0) is 18.4. The Morgan fingerprint density at radius 3 is 2.73 bits per heavy atom. The summed E-state index contributed by atoms with van der Waals surface area (Å²) in [6, 6.07) is 10.4. The van der Waals surface area contributed by atoms with Crippen molar-refractivity contribution in [2.75, 3.05) is 11.1 Å². The molecule has 3 rings (SSSR count). The maximum atomic E-state index is 12.0. The third-order valence-corrected chi connectivity index (χ3v) is 4.90. The number of thiophene rings is 1. The van der Waals surface area contributed by atoms with E-state index >= 15 is 0 Å².